The molecule has 4 rings (SSSR count). The number of hydrogen-bond donors (Lipinski definition) is 0. The van der Waals surface area contributed by atoms with Crippen molar-refractivity contribution < 1.29 is 13.2 Å². The number of aryl methyl sites for hydroxylation is 1. The molecule has 0 aliphatic carbocycles. The van der Waals surface area contributed by atoms with Crippen molar-refractivity contribution >= 4 is 21.6 Å². The molecule has 0 radical (unpaired) electrons. The van der Waals surface area contributed by atoms with E-state index in [0.29, 0.717) is 24.3 Å². The van der Waals surface area contributed by atoms with E-state index < -0.39 is 10.0 Å². The van der Waals surface area contributed by atoms with Gasteiger partial charge in [0, 0.05) is 38.1 Å². The smallest absolute Gasteiger partial charge is 0.264 e. The Balaban J connectivity index is 1.66. The van der Waals surface area contributed by atoms with Gasteiger partial charge in [0.2, 0.25) is 0 Å². The van der Waals surface area contributed by atoms with Crippen LogP contribution in [0, 0.1) is 6.92 Å². The maximum atomic E-state index is 13.7. The van der Waals surface area contributed by atoms with Crippen molar-refractivity contribution in [2.24, 2.45) is 0 Å². The van der Waals surface area contributed by atoms with Gasteiger partial charge >= 0.3 is 0 Å². The van der Waals surface area contributed by atoms with Crippen LogP contribution in [0.3, 0.4) is 0 Å². The van der Waals surface area contributed by atoms with Crippen LogP contribution in [0.2, 0.25) is 0 Å². The number of aromatic nitrogens is 1. The van der Waals surface area contributed by atoms with Crippen LogP contribution in [-0.4, -0.2) is 31.3 Å². The van der Waals surface area contributed by atoms with Gasteiger partial charge in [0.25, 0.3) is 15.9 Å². The molecule has 0 saturated heterocycles. The number of para-hydroxylation sites is 1. The fourth-order valence-electron chi connectivity index (χ4n) is 3.81. The minimum Gasteiger partial charge on any atom is -0.330 e. The van der Waals surface area contributed by atoms with Crippen molar-refractivity contribution in [1.82, 2.24) is 9.88 Å². The minimum atomic E-state index is -3.85. The van der Waals surface area contributed by atoms with E-state index in [0.717, 1.165) is 16.7 Å². The molecule has 0 spiro atoms. The monoisotopic (exact) mass is 485 g/mol. The SMILES string of the molecule is Cc1ccccc1CN(Cc1cccnc1)C(=O)c1cccc(S(=O)(=O)N(C)c2ccccc2)c1. The Morgan fingerprint density at radius 3 is 2.31 bits per heavy atom. The highest BCUT2D eigenvalue weighted by Gasteiger charge is 2.24. The van der Waals surface area contributed by atoms with Crippen molar-refractivity contribution in [3.63, 3.8) is 0 Å². The van der Waals surface area contributed by atoms with Crippen molar-refractivity contribution in [1.29, 1.82) is 0 Å². The van der Waals surface area contributed by atoms with Crippen molar-refractivity contribution in [3.8, 4) is 0 Å². The topological polar surface area (TPSA) is 70.6 Å². The van der Waals surface area contributed by atoms with Crippen LogP contribution in [0.25, 0.3) is 0 Å². The number of nitrogens with zero attached hydrogens (tertiary/aromatic N) is 3. The Kier molecular flexibility index (Phi) is 7.27. The lowest BCUT2D eigenvalue weighted by molar-refractivity contribution is 0.0729. The van der Waals surface area contributed by atoms with Gasteiger partial charge in [-0.2, -0.15) is 0 Å². The third-order valence-electron chi connectivity index (χ3n) is 5.87. The van der Waals surface area contributed by atoms with Crippen LogP contribution in [-0.2, 0) is 23.1 Å². The summed E-state index contributed by atoms with van der Waals surface area (Å²) >= 11 is 0. The first-order chi connectivity index (χ1) is 16.9. The second-order valence-electron chi connectivity index (χ2n) is 8.28. The summed E-state index contributed by atoms with van der Waals surface area (Å²) in [5, 5.41) is 0. The molecule has 3 aromatic carbocycles. The standard InChI is InChI=1S/C28H27N3O3S/c1-22-10-6-7-12-25(22)21-31(20-23-11-9-17-29-19-23)28(32)24-13-8-16-27(18-24)35(33,34)30(2)26-14-4-3-5-15-26/h3-19H,20-21H2,1-2H3. The zero-order chi connectivity index (χ0) is 24.8. The summed E-state index contributed by atoms with van der Waals surface area (Å²) in [5.41, 5.74) is 3.85. The first-order valence-corrected chi connectivity index (χ1v) is 12.7. The highest BCUT2D eigenvalue weighted by molar-refractivity contribution is 7.92. The number of amides is 1. The highest BCUT2D eigenvalue weighted by Crippen LogP contribution is 2.24. The average Bonchev–Trinajstić information content (AvgIpc) is 2.90. The number of hydrogen-bond acceptors (Lipinski definition) is 4. The number of rotatable bonds is 8. The van der Waals surface area contributed by atoms with E-state index in [4.69, 9.17) is 0 Å². The maximum absolute atomic E-state index is 13.7. The van der Waals surface area contributed by atoms with Gasteiger partial charge < -0.3 is 4.90 Å². The van der Waals surface area contributed by atoms with Crippen molar-refractivity contribution in [3.05, 3.63) is 126 Å². The molecule has 1 amide bonds. The lowest BCUT2D eigenvalue weighted by atomic mass is 10.1. The molecule has 0 unspecified atom stereocenters. The zero-order valence-electron chi connectivity index (χ0n) is 19.7. The molecular formula is C28H27N3O3S. The zero-order valence-corrected chi connectivity index (χ0v) is 20.5. The Bertz CT molecular complexity index is 1410. The predicted octanol–water partition coefficient (Wildman–Crippen LogP) is 5.06. The first kappa shape index (κ1) is 24.2. The lowest BCUT2D eigenvalue weighted by Crippen LogP contribution is -2.31. The summed E-state index contributed by atoms with van der Waals surface area (Å²) < 4.78 is 27.8. The van der Waals surface area contributed by atoms with Gasteiger partial charge in [-0.3, -0.25) is 14.1 Å². The molecule has 0 saturated carbocycles. The molecular weight excluding hydrogens is 458 g/mol. The molecule has 0 aliphatic heterocycles. The van der Waals surface area contributed by atoms with Crippen LogP contribution < -0.4 is 4.31 Å². The first-order valence-electron chi connectivity index (χ1n) is 11.2. The van der Waals surface area contributed by atoms with Crippen LogP contribution in [0.5, 0.6) is 0 Å². The molecule has 0 aliphatic rings. The van der Waals surface area contributed by atoms with Crippen molar-refractivity contribution in [2.75, 3.05) is 11.4 Å². The van der Waals surface area contributed by atoms with Gasteiger partial charge in [0.15, 0.2) is 0 Å². The Labute approximate surface area is 206 Å². The molecule has 178 valence electrons. The molecule has 0 atom stereocenters. The number of benzene rings is 3. The third kappa shape index (κ3) is 5.58. The summed E-state index contributed by atoms with van der Waals surface area (Å²) in [5.74, 6) is -0.253. The predicted molar refractivity (Wildman–Crippen MR) is 137 cm³/mol. The number of carbonyl (C=O) groups excluding carboxylic acids is 1. The molecule has 4 aromatic rings. The van der Waals surface area contributed by atoms with E-state index >= 15 is 0 Å². The average molecular weight is 486 g/mol. The van der Waals surface area contributed by atoms with E-state index in [1.54, 1.807) is 53.7 Å². The Hall–Kier alpha value is -3.97. The summed E-state index contributed by atoms with van der Waals surface area (Å²) in [4.78, 5) is 19.6. The van der Waals surface area contributed by atoms with Crippen molar-refractivity contribution in [2.45, 2.75) is 24.9 Å². The van der Waals surface area contributed by atoms with Crippen LogP contribution in [0.15, 0.2) is 108 Å². The highest BCUT2D eigenvalue weighted by atomic mass is 32.2. The largest absolute Gasteiger partial charge is 0.330 e. The summed E-state index contributed by atoms with van der Waals surface area (Å²) in [6.07, 6.45) is 3.42. The molecule has 6 nitrogen and oxygen atoms in total. The van der Waals surface area contributed by atoms with Gasteiger partial charge in [-0.15, -0.1) is 0 Å². The Morgan fingerprint density at radius 1 is 0.857 bits per heavy atom. The lowest BCUT2D eigenvalue weighted by Gasteiger charge is -2.24. The maximum Gasteiger partial charge on any atom is 0.264 e. The number of carbonyl (C=O) groups is 1. The quantitative estimate of drug-likeness (QED) is 0.350. The molecule has 0 fully saturated rings. The minimum absolute atomic E-state index is 0.0620. The molecule has 1 aromatic heterocycles. The van der Waals surface area contributed by atoms with E-state index in [1.165, 1.54) is 23.5 Å². The summed E-state index contributed by atoms with van der Waals surface area (Å²) in [6.45, 7) is 2.75. The molecule has 7 heteroatoms. The fraction of sp³-hybridized carbons (Fsp3) is 0.143. The van der Waals surface area contributed by atoms with Gasteiger partial charge in [-0.1, -0.05) is 54.6 Å². The number of sulfonamides is 1. The second-order valence-corrected chi connectivity index (χ2v) is 10.3. The Morgan fingerprint density at radius 2 is 1.60 bits per heavy atom. The molecule has 0 N–H and O–H groups in total. The van der Waals surface area contributed by atoms with Crippen LogP contribution in [0.4, 0.5) is 5.69 Å². The van der Waals surface area contributed by atoms with Gasteiger partial charge in [-0.25, -0.2) is 8.42 Å². The number of pyridine rings is 1. The van der Waals surface area contributed by atoms with Crippen LogP contribution >= 0.6 is 0 Å². The number of anilines is 1. The van der Waals surface area contributed by atoms with Crippen LogP contribution in [0.1, 0.15) is 27.0 Å². The fourth-order valence-corrected chi connectivity index (χ4v) is 5.05. The third-order valence-corrected chi connectivity index (χ3v) is 7.65. The van der Waals surface area contributed by atoms with E-state index in [-0.39, 0.29) is 10.8 Å². The van der Waals surface area contributed by atoms with Gasteiger partial charge in [0.1, 0.15) is 0 Å². The summed E-state index contributed by atoms with van der Waals surface area (Å²) in [6, 6.07) is 26.7. The van der Waals surface area contributed by atoms with E-state index in [9.17, 15) is 13.2 Å². The van der Waals surface area contributed by atoms with E-state index in [1.807, 2.05) is 49.4 Å². The normalized spacial score (nSPS) is 11.1. The molecule has 0 bridgehead atoms. The molecule has 1 heterocycles. The molecule has 35 heavy (non-hydrogen) atoms. The van der Waals surface area contributed by atoms with Gasteiger partial charge in [-0.05, 0) is 60.0 Å². The second kappa shape index (κ2) is 10.5. The van der Waals surface area contributed by atoms with Gasteiger partial charge in [0.05, 0.1) is 10.6 Å². The van der Waals surface area contributed by atoms with E-state index in [2.05, 4.69) is 4.98 Å². The summed E-state index contributed by atoms with van der Waals surface area (Å²) in [7, 11) is -2.34.